The molecule has 0 fully saturated rings. The predicted octanol–water partition coefficient (Wildman–Crippen LogP) is 2.57. The molecule has 1 rings (SSSR count). The summed E-state index contributed by atoms with van der Waals surface area (Å²) in [6.45, 7) is 4.66. The summed E-state index contributed by atoms with van der Waals surface area (Å²) < 4.78 is 5.45. The predicted molar refractivity (Wildman–Crippen MR) is 67.8 cm³/mol. The van der Waals surface area contributed by atoms with Crippen LogP contribution in [0.25, 0.3) is 0 Å². The highest BCUT2D eigenvalue weighted by atomic mass is 16.5. The number of nitrogens with zero attached hydrogens (tertiary/aromatic N) is 2. The largest absolute Gasteiger partial charge is 0.384 e. The van der Waals surface area contributed by atoms with Crippen molar-refractivity contribution in [3.05, 3.63) is 24.0 Å². The van der Waals surface area contributed by atoms with Crippen molar-refractivity contribution in [1.82, 2.24) is 4.98 Å². The third kappa shape index (κ3) is 5.88. The fraction of sp³-hybridized carbons (Fsp3) is 0.538. The quantitative estimate of drug-likeness (QED) is 0.701. The van der Waals surface area contributed by atoms with Gasteiger partial charge in [-0.3, -0.25) is 0 Å². The number of rotatable bonds is 8. The Morgan fingerprint density at radius 1 is 1.35 bits per heavy atom. The number of anilines is 1. The molecule has 0 aromatic carbocycles. The van der Waals surface area contributed by atoms with Crippen molar-refractivity contribution in [1.29, 1.82) is 5.26 Å². The molecule has 1 aromatic rings. The summed E-state index contributed by atoms with van der Waals surface area (Å²) in [6, 6.07) is 5.56. The van der Waals surface area contributed by atoms with Gasteiger partial charge in [0.25, 0.3) is 0 Å². The molecule has 4 heteroatoms. The summed E-state index contributed by atoms with van der Waals surface area (Å²) in [6.07, 6.45) is 4.96. The van der Waals surface area contributed by atoms with Gasteiger partial charge in [0.2, 0.25) is 0 Å². The van der Waals surface area contributed by atoms with Crippen LogP contribution in [0.15, 0.2) is 18.3 Å². The minimum absolute atomic E-state index is 0.443. The van der Waals surface area contributed by atoms with Gasteiger partial charge < -0.3 is 10.1 Å². The molecule has 0 radical (unpaired) electrons. The van der Waals surface area contributed by atoms with Crippen molar-refractivity contribution >= 4 is 5.69 Å². The normalized spacial score (nSPS) is 9.88. The van der Waals surface area contributed by atoms with Crippen LogP contribution in [-0.4, -0.2) is 24.7 Å². The van der Waals surface area contributed by atoms with E-state index in [9.17, 15) is 0 Å². The first-order chi connectivity index (χ1) is 8.36. The first kappa shape index (κ1) is 13.5. The minimum atomic E-state index is 0.443. The Morgan fingerprint density at radius 3 is 2.82 bits per heavy atom. The summed E-state index contributed by atoms with van der Waals surface area (Å²) in [4.78, 5) is 3.98. The average molecular weight is 233 g/mol. The zero-order valence-corrected chi connectivity index (χ0v) is 10.3. The Labute approximate surface area is 103 Å². The van der Waals surface area contributed by atoms with E-state index in [1.165, 1.54) is 6.42 Å². The van der Waals surface area contributed by atoms with Crippen molar-refractivity contribution in [2.75, 3.05) is 25.1 Å². The van der Waals surface area contributed by atoms with E-state index in [1.807, 2.05) is 12.1 Å². The Morgan fingerprint density at radius 2 is 2.18 bits per heavy atom. The lowest BCUT2D eigenvalue weighted by atomic mass is 10.3. The van der Waals surface area contributed by atoms with Crippen molar-refractivity contribution in [2.24, 2.45) is 0 Å². The van der Waals surface area contributed by atoms with Crippen LogP contribution in [0.1, 0.15) is 31.9 Å². The number of pyridine rings is 1. The van der Waals surface area contributed by atoms with E-state index in [1.54, 1.807) is 12.3 Å². The van der Waals surface area contributed by atoms with Gasteiger partial charge in [0.1, 0.15) is 11.8 Å². The van der Waals surface area contributed by atoms with E-state index >= 15 is 0 Å². The summed E-state index contributed by atoms with van der Waals surface area (Å²) >= 11 is 0. The molecular weight excluding hydrogens is 214 g/mol. The standard InChI is InChI=1S/C13H19N3O/c1-2-3-8-17-9-4-7-15-13-6-5-12(10-14)16-11-13/h5-6,11,15H,2-4,7-9H2,1H3. The fourth-order valence-corrected chi connectivity index (χ4v) is 1.32. The Bertz CT molecular complexity index is 343. The molecule has 4 nitrogen and oxygen atoms in total. The molecule has 0 atom stereocenters. The van der Waals surface area contributed by atoms with Crippen molar-refractivity contribution < 1.29 is 4.74 Å². The van der Waals surface area contributed by atoms with E-state index in [0.29, 0.717) is 5.69 Å². The van der Waals surface area contributed by atoms with Gasteiger partial charge in [0.05, 0.1) is 11.9 Å². The molecule has 1 heterocycles. The molecule has 0 amide bonds. The Kier molecular flexibility index (Phi) is 6.76. The summed E-state index contributed by atoms with van der Waals surface area (Å²) in [5.41, 5.74) is 1.39. The first-order valence-corrected chi connectivity index (χ1v) is 6.04. The van der Waals surface area contributed by atoms with Crippen LogP contribution in [0.4, 0.5) is 5.69 Å². The van der Waals surface area contributed by atoms with E-state index < -0.39 is 0 Å². The number of nitrogens with one attached hydrogen (secondary N) is 1. The first-order valence-electron chi connectivity index (χ1n) is 6.04. The second-order valence-corrected chi connectivity index (χ2v) is 3.79. The SMILES string of the molecule is CCCCOCCCNc1ccc(C#N)nc1. The van der Waals surface area contributed by atoms with Gasteiger partial charge in [-0.05, 0) is 25.0 Å². The lowest BCUT2D eigenvalue weighted by molar-refractivity contribution is 0.131. The molecule has 0 aliphatic carbocycles. The smallest absolute Gasteiger partial charge is 0.140 e. The molecule has 0 unspecified atom stereocenters. The van der Waals surface area contributed by atoms with Crippen LogP contribution in [0.2, 0.25) is 0 Å². The molecule has 0 saturated carbocycles. The summed E-state index contributed by atoms with van der Waals surface area (Å²) in [5, 5.41) is 11.8. The molecule has 0 bridgehead atoms. The summed E-state index contributed by atoms with van der Waals surface area (Å²) in [7, 11) is 0. The van der Waals surface area contributed by atoms with E-state index in [2.05, 4.69) is 17.2 Å². The van der Waals surface area contributed by atoms with Crippen LogP contribution in [0.5, 0.6) is 0 Å². The molecule has 1 aromatic heterocycles. The Balaban J connectivity index is 2.08. The topological polar surface area (TPSA) is 57.9 Å². The number of unbranched alkanes of at least 4 members (excludes halogenated alkanes) is 1. The maximum Gasteiger partial charge on any atom is 0.140 e. The van der Waals surface area contributed by atoms with Crippen LogP contribution >= 0.6 is 0 Å². The number of ether oxygens (including phenoxy) is 1. The maximum atomic E-state index is 8.60. The third-order valence-corrected chi connectivity index (χ3v) is 2.31. The monoisotopic (exact) mass is 233 g/mol. The van der Waals surface area contributed by atoms with Gasteiger partial charge in [-0.15, -0.1) is 0 Å². The number of hydrogen-bond donors (Lipinski definition) is 1. The van der Waals surface area contributed by atoms with E-state index in [0.717, 1.165) is 38.3 Å². The highest BCUT2D eigenvalue weighted by Crippen LogP contribution is 2.05. The highest BCUT2D eigenvalue weighted by Gasteiger charge is 1.94. The maximum absolute atomic E-state index is 8.60. The lowest BCUT2D eigenvalue weighted by Gasteiger charge is -2.06. The fourth-order valence-electron chi connectivity index (χ4n) is 1.32. The van der Waals surface area contributed by atoms with Gasteiger partial charge in [-0.25, -0.2) is 4.98 Å². The van der Waals surface area contributed by atoms with Crippen LogP contribution in [0.3, 0.4) is 0 Å². The molecule has 0 spiro atoms. The van der Waals surface area contributed by atoms with Crippen molar-refractivity contribution in [2.45, 2.75) is 26.2 Å². The second-order valence-electron chi connectivity index (χ2n) is 3.79. The average Bonchev–Trinajstić information content (AvgIpc) is 2.38. The van der Waals surface area contributed by atoms with Gasteiger partial charge >= 0.3 is 0 Å². The van der Waals surface area contributed by atoms with Crippen molar-refractivity contribution in [3.63, 3.8) is 0 Å². The van der Waals surface area contributed by atoms with Gasteiger partial charge in [0.15, 0.2) is 0 Å². The van der Waals surface area contributed by atoms with Crippen molar-refractivity contribution in [3.8, 4) is 6.07 Å². The number of aromatic nitrogens is 1. The molecule has 1 N–H and O–H groups in total. The van der Waals surface area contributed by atoms with E-state index in [-0.39, 0.29) is 0 Å². The molecule has 0 aliphatic heterocycles. The molecular formula is C13H19N3O. The third-order valence-electron chi connectivity index (χ3n) is 2.31. The zero-order valence-electron chi connectivity index (χ0n) is 10.3. The highest BCUT2D eigenvalue weighted by molar-refractivity contribution is 5.42. The van der Waals surface area contributed by atoms with E-state index in [4.69, 9.17) is 10.00 Å². The lowest BCUT2D eigenvalue weighted by Crippen LogP contribution is -2.06. The summed E-state index contributed by atoms with van der Waals surface area (Å²) in [5.74, 6) is 0. The van der Waals surface area contributed by atoms with Crippen LogP contribution in [0, 0.1) is 11.3 Å². The molecule has 0 aliphatic rings. The molecule has 92 valence electrons. The van der Waals surface area contributed by atoms with Crippen LogP contribution < -0.4 is 5.32 Å². The molecule has 0 saturated heterocycles. The second kappa shape index (κ2) is 8.54. The number of hydrogen-bond acceptors (Lipinski definition) is 4. The minimum Gasteiger partial charge on any atom is -0.384 e. The Hall–Kier alpha value is -1.60. The van der Waals surface area contributed by atoms with Crippen LogP contribution in [-0.2, 0) is 4.74 Å². The molecule has 17 heavy (non-hydrogen) atoms. The number of nitriles is 1. The zero-order chi connectivity index (χ0) is 12.3. The van der Waals surface area contributed by atoms with Gasteiger partial charge in [0, 0.05) is 19.8 Å². The van der Waals surface area contributed by atoms with Gasteiger partial charge in [-0.1, -0.05) is 13.3 Å². The van der Waals surface area contributed by atoms with Gasteiger partial charge in [-0.2, -0.15) is 5.26 Å².